The van der Waals surface area contributed by atoms with E-state index in [1.165, 1.54) is 6.42 Å². The molecule has 0 aromatic heterocycles. The van der Waals surface area contributed by atoms with E-state index in [1.54, 1.807) is 17.0 Å². The van der Waals surface area contributed by atoms with E-state index in [0.29, 0.717) is 30.2 Å². The highest BCUT2D eigenvalue weighted by Gasteiger charge is 2.30. The van der Waals surface area contributed by atoms with Crippen molar-refractivity contribution in [3.63, 3.8) is 0 Å². The lowest BCUT2D eigenvalue weighted by molar-refractivity contribution is -0.142. The molecule has 2 amide bonds. The number of carbonyl (C=O) groups is 2. The highest BCUT2D eigenvalue weighted by atomic mass is 79.9. The first-order valence-electron chi connectivity index (χ1n) is 11.7. The van der Waals surface area contributed by atoms with Crippen molar-refractivity contribution in [1.82, 2.24) is 10.2 Å². The standard InChI is InChI=1S/C26H32BrClN2O3/c1-2-23(26(32)29-21-11-7-4-8-12-21)30(16-15-19-9-5-3-6-10-19)25(31)18-33-24-14-13-20(27)17-22(24)28/h3,5-6,9-10,13-14,17,21,23H,2,4,7-8,11-12,15-16,18H2,1H3,(H,29,32)/t23-/m1/s1. The number of hydrogen-bond donors (Lipinski definition) is 1. The molecule has 5 nitrogen and oxygen atoms in total. The molecule has 0 heterocycles. The summed E-state index contributed by atoms with van der Waals surface area (Å²) in [5, 5.41) is 3.62. The van der Waals surface area contributed by atoms with Gasteiger partial charge < -0.3 is 15.0 Å². The van der Waals surface area contributed by atoms with Gasteiger partial charge in [-0.25, -0.2) is 0 Å². The van der Waals surface area contributed by atoms with Gasteiger partial charge in [-0.05, 0) is 49.4 Å². The molecular weight excluding hydrogens is 504 g/mol. The number of rotatable bonds is 10. The lowest BCUT2D eigenvalue weighted by Gasteiger charge is -2.32. The number of carbonyl (C=O) groups excluding carboxylic acids is 2. The zero-order chi connectivity index (χ0) is 23.6. The van der Waals surface area contributed by atoms with Gasteiger partial charge in [0, 0.05) is 17.1 Å². The fourth-order valence-electron chi connectivity index (χ4n) is 4.25. The van der Waals surface area contributed by atoms with Crippen LogP contribution in [0.4, 0.5) is 0 Å². The Hall–Kier alpha value is -2.05. The summed E-state index contributed by atoms with van der Waals surface area (Å²) in [6.45, 7) is 2.21. The summed E-state index contributed by atoms with van der Waals surface area (Å²) in [5.74, 6) is 0.138. The van der Waals surface area contributed by atoms with Crippen LogP contribution in [-0.4, -0.2) is 41.9 Å². The number of ether oxygens (including phenoxy) is 1. The Labute approximate surface area is 210 Å². The fourth-order valence-corrected chi connectivity index (χ4v) is 4.98. The third kappa shape index (κ3) is 7.75. The zero-order valence-corrected chi connectivity index (χ0v) is 21.4. The van der Waals surface area contributed by atoms with E-state index < -0.39 is 6.04 Å². The van der Waals surface area contributed by atoms with Gasteiger partial charge in [0.1, 0.15) is 11.8 Å². The number of amides is 2. The summed E-state index contributed by atoms with van der Waals surface area (Å²) in [4.78, 5) is 28.1. The van der Waals surface area contributed by atoms with Crippen molar-refractivity contribution in [3.05, 3.63) is 63.6 Å². The number of nitrogens with zero attached hydrogens (tertiary/aromatic N) is 1. The van der Waals surface area contributed by atoms with Gasteiger partial charge in [0.05, 0.1) is 5.02 Å². The molecule has 0 aliphatic heterocycles. The maximum Gasteiger partial charge on any atom is 0.261 e. The second kappa shape index (κ2) is 13.0. The fraction of sp³-hybridized carbons (Fsp3) is 0.462. The number of nitrogens with one attached hydrogen (secondary N) is 1. The van der Waals surface area contributed by atoms with Crippen molar-refractivity contribution in [2.45, 2.75) is 64.0 Å². The lowest BCUT2D eigenvalue weighted by Crippen LogP contribution is -2.53. The van der Waals surface area contributed by atoms with E-state index in [0.717, 1.165) is 35.7 Å². The molecule has 0 saturated heterocycles. The van der Waals surface area contributed by atoms with Crippen molar-refractivity contribution in [2.24, 2.45) is 0 Å². The molecule has 0 unspecified atom stereocenters. The average Bonchev–Trinajstić information content (AvgIpc) is 2.82. The van der Waals surface area contributed by atoms with Crippen LogP contribution < -0.4 is 10.1 Å². The van der Waals surface area contributed by atoms with E-state index in [4.69, 9.17) is 16.3 Å². The first-order chi connectivity index (χ1) is 16.0. The Morgan fingerprint density at radius 1 is 1.15 bits per heavy atom. The molecule has 0 radical (unpaired) electrons. The molecule has 1 fully saturated rings. The number of benzene rings is 2. The highest BCUT2D eigenvalue weighted by molar-refractivity contribution is 9.10. The van der Waals surface area contributed by atoms with Gasteiger partial charge in [-0.2, -0.15) is 0 Å². The third-order valence-electron chi connectivity index (χ3n) is 6.07. The molecule has 1 N–H and O–H groups in total. The Morgan fingerprint density at radius 2 is 1.88 bits per heavy atom. The molecule has 33 heavy (non-hydrogen) atoms. The Bertz CT molecular complexity index is 919. The van der Waals surface area contributed by atoms with E-state index in [-0.39, 0.29) is 24.5 Å². The molecule has 0 bridgehead atoms. The minimum absolute atomic E-state index is 0.0764. The summed E-state index contributed by atoms with van der Waals surface area (Å²) in [6, 6.07) is 14.9. The van der Waals surface area contributed by atoms with Gasteiger partial charge in [0.15, 0.2) is 6.61 Å². The zero-order valence-electron chi connectivity index (χ0n) is 19.1. The van der Waals surface area contributed by atoms with E-state index in [1.807, 2.05) is 43.3 Å². The first kappa shape index (κ1) is 25.6. The third-order valence-corrected chi connectivity index (χ3v) is 6.86. The van der Waals surface area contributed by atoms with E-state index in [9.17, 15) is 9.59 Å². The Kier molecular flexibility index (Phi) is 10.1. The second-order valence-corrected chi connectivity index (χ2v) is 9.78. The van der Waals surface area contributed by atoms with Gasteiger partial charge in [-0.1, -0.05) is 84.0 Å². The molecule has 7 heteroatoms. The van der Waals surface area contributed by atoms with Gasteiger partial charge in [0.2, 0.25) is 5.91 Å². The van der Waals surface area contributed by atoms with Gasteiger partial charge in [-0.3, -0.25) is 9.59 Å². The second-order valence-electron chi connectivity index (χ2n) is 8.45. The van der Waals surface area contributed by atoms with Gasteiger partial charge in [-0.15, -0.1) is 0 Å². The van der Waals surface area contributed by atoms with Gasteiger partial charge in [0.25, 0.3) is 5.91 Å². The molecule has 1 atom stereocenters. The van der Waals surface area contributed by atoms with Crippen LogP contribution in [-0.2, 0) is 16.0 Å². The minimum Gasteiger partial charge on any atom is -0.482 e. The summed E-state index contributed by atoms with van der Waals surface area (Å²) in [6.07, 6.45) is 6.72. The first-order valence-corrected chi connectivity index (χ1v) is 12.9. The lowest BCUT2D eigenvalue weighted by atomic mass is 9.95. The highest BCUT2D eigenvalue weighted by Crippen LogP contribution is 2.28. The molecule has 3 rings (SSSR count). The van der Waals surface area contributed by atoms with E-state index in [2.05, 4.69) is 21.2 Å². The SMILES string of the molecule is CC[C@H](C(=O)NC1CCCCC1)N(CCc1ccccc1)C(=O)COc1ccc(Br)cc1Cl. The van der Waals surface area contributed by atoms with Crippen LogP contribution >= 0.6 is 27.5 Å². The monoisotopic (exact) mass is 534 g/mol. The molecular formula is C26H32BrClN2O3. The minimum atomic E-state index is -0.535. The molecule has 178 valence electrons. The van der Waals surface area contributed by atoms with Crippen LogP contribution in [0.1, 0.15) is 51.0 Å². The normalized spacial score (nSPS) is 15.0. The largest absolute Gasteiger partial charge is 0.482 e. The summed E-state index contributed by atoms with van der Waals surface area (Å²) in [7, 11) is 0. The quantitative estimate of drug-likeness (QED) is 0.419. The van der Waals surface area contributed by atoms with Crippen LogP contribution in [0.2, 0.25) is 5.02 Å². The predicted molar refractivity (Wildman–Crippen MR) is 136 cm³/mol. The Morgan fingerprint density at radius 3 is 2.55 bits per heavy atom. The van der Waals surface area contributed by atoms with E-state index >= 15 is 0 Å². The molecule has 1 aliphatic carbocycles. The molecule has 0 spiro atoms. The molecule has 2 aromatic rings. The van der Waals surface area contributed by atoms with Crippen LogP contribution in [0.15, 0.2) is 53.0 Å². The van der Waals surface area contributed by atoms with Crippen molar-refractivity contribution in [3.8, 4) is 5.75 Å². The van der Waals surface area contributed by atoms with Crippen LogP contribution in [0.3, 0.4) is 0 Å². The van der Waals surface area contributed by atoms with Crippen molar-refractivity contribution < 1.29 is 14.3 Å². The summed E-state index contributed by atoms with van der Waals surface area (Å²) < 4.78 is 6.57. The van der Waals surface area contributed by atoms with Crippen LogP contribution in [0, 0.1) is 0 Å². The smallest absolute Gasteiger partial charge is 0.261 e. The van der Waals surface area contributed by atoms with Crippen LogP contribution in [0.5, 0.6) is 5.75 Å². The van der Waals surface area contributed by atoms with Crippen LogP contribution in [0.25, 0.3) is 0 Å². The number of halogens is 2. The predicted octanol–water partition coefficient (Wildman–Crippen LogP) is 5.78. The summed E-state index contributed by atoms with van der Waals surface area (Å²) >= 11 is 9.61. The molecule has 1 saturated carbocycles. The maximum absolute atomic E-state index is 13.3. The number of hydrogen-bond acceptors (Lipinski definition) is 3. The topological polar surface area (TPSA) is 58.6 Å². The molecule has 2 aromatic carbocycles. The maximum atomic E-state index is 13.3. The van der Waals surface area contributed by atoms with Crippen molar-refractivity contribution >= 4 is 39.3 Å². The van der Waals surface area contributed by atoms with Gasteiger partial charge >= 0.3 is 0 Å². The van der Waals surface area contributed by atoms with Crippen molar-refractivity contribution in [2.75, 3.05) is 13.2 Å². The Balaban J connectivity index is 1.71. The average molecular weight is 536 g/mol. The summed E-state index contributed by atoms with van der Waals surface area (Å²) in [5.41, 5.74) is 1.12. The molecule has 1 aliphatic rings. The van der Waals surface area contributed by atoms with Crippen molar-refractivity contribution in [1.29, 1.82) is 0 Å².